The number of thioether (sulfide) groups is 1. The van der Waals surface area contributed by atoms with Gasteiger partial charge in [-0.25, -0.2) is 0 Å². The topological polar surface area (TPSA) is 39.4 Å². The second kappa shape index (κ2) is 7.85. The molecule has 0 bridgehead atoms. The van der Waals surface area contributed by atoms with Crippen molar-refractivity contribution in [3.63, 3.8) is 0 Å². The molecule has 0 N–H and O–H groups in total. The number of benzene rings is 2. The Morgan fingerprint density at radius 1 is 1.12 bits per heavy atom. The van der Waals surface area contributed by atoms with Gasteiger partial charge in [0.2, 0.25) is 0 Å². The maximum atomic E-state index is 13.3. The predicted octanol–water partition coefficient (Wildman–Crippen LogP) is 5.95. The highest BCUT2D eigenvalue weighted by atomic mass is 32.2. The minimum atomic E-state index is -0.124. The van der Waals surface area contributed by atoms with Crippen LogP contribution in [0.1, 0.15) is 38.1 Å². The van der Waals surface area contributed by atoms with Crippen LogP contribution in [0, 0.1) is 5.41 Å². The third-order valence-electron chi connectivity index (χ3n) is 4.40. The summed E-state index contributed by atoms with van der Waals surface area (Å²) in [6.45, 7) is 9.73. The van der Waals surface area contributed by atoms with Crippen LogP contribution in [-0.2, 0) is 4.74 Å². The van der Waals surface area contributed by atoms with Gasteiger partial charge in [-0.3, -0.25) is 4.79 Å². The SMILES string of the molecule is CCOCCSC(C(=O)c1ccc2oc3ccccc3c2c1)C(C)(C)C. The lowest BCUT2D eigenvalue weighted by Crippen LogP contribution is -2.32. The Bertz CT molecular complexity index is 905. The van der Waals surface area contributed by atoms with Crippen molar-refractivity contribution >= 4 is 39.5 Å². The van der Waals surface area contributed by atoms with Gasteiger partial charge in [-0.1, -0.05) is 39.0 Å². The molecule has 4 heteroatoms. The van der Waals surface area contributed by atoms with E-state index in [0.29, 0.717) is 13.2 Å². The number of rotatable bonds is 7. The van der Waals surface area contributed by atoms with Gasteiger partial charge >= 0.3 is 0 Å². The van der Waals surface area contributed by atoms with Crippen LogP contribution in [0.25, 0.3) is 21.9 Å². The van der Waals surface area contributed by atoms with Crippen molar-refractivity contribution in [2.45, 2.75) is 32.9 Å². The molecule has 26 heavy (non-hydrogen) atoms. The first kappa shape index (κ1) is 19.0. The highest BCUT2D eigenvalue weighted by molar-refractivity contribution is 8.00. The molecule has 0 aliphatic carbocycles. The number of ether oxygens (including phenoxy) is 1. The van der Waals surface area contributed by atoms with Crippen molar-refractivity contribution in [1.29, 1.82) is 0 Å². The van der Waals surface area contributed by atoms with Gasteiger partial charge in [-0.05, 0) is 36.6 Å². The average Bonchev–Trinajstić information content (AvgIpc) is 2.98. The van der Waals surface area contributed by atoms with E-state index in [1.54, 1.807) is 11.8 Å². The summed E-state index contributed by atoms with van der Waals surface area (Å²) in [5.74, 6) is 0.990. The molecule has 1 heterocycles. The zero-order valence-electron chi connectivity index (χ0n) is 15.9. The van der Waals surface area contributed by atoms with Crippen molar-refractivity contribution in [1.82, 2.24) is 0 Å². The zero-order chi connectivity index (χ0) is 18.7. The Morgan fingerprint density at radius 2 is 1.85 bits per heavy atom. The molecule has 3 aromatic rings. The molecule has 2 aromatic carbocycles. The number of ketones is 1. The first-order chi connectivity index (χ1) is 12.4. The number of furan rings is 1. The van der Waals surface area contributed by atoms with Gasteiger partial charge in [0.25, 0.3) is 0 Å². The number of fused-ring (bicyclic) bond motifs is 3. The Balaban J connectivity index is 1.91. The van der Waals surface area contributed by atoms with E-state index >= 15 is 0 Å². The fraction of sp³-hybridized carbons (Fsp3) is 0.409. The second-order valence-electron chi connectivity index (χ2n) is 7.49. The van der Waals surface area contributed by atoms with Crippen molar-refractivity contribution in [3.8, 4) is 0 Å². The molecule has 3 nitrogen and oxygen atoms in total. The molecule has 0 aliphatic heterocycles. The smallest absolute Gasteiger partial charge is 0.176 e. The third kappa shape index (κ3) is 3.97. The largest absolute Gasteiger partial charge is 0.456 e. The Kier molecular flexibility index (Phi) is 5.73. The highest BCUT2D eigenvalue weighted by Crippen LogP contribution is 2.35. The van der Waals surface area contributed by atoms with Crippen molar-refractivity contribution < 1.29 is 13.9 Å². The van der Waals surface area contributed by atoms with Crippen LogP contribution in [0.4, 0.5) is 0 Å². The maximum absolute atomic E-state index is 13.3. The number of hydrogen-bond acceptors (Lipinski definition) is 4. The van der Waals surface area contributed by atoms with E-state index in [-0.39, 0.29) is 16.4 Å². The number of carbonyl (C=O) groups is 1. The van der Waals surface area contributed by atoms with Gasteiger partial charge in [0.05, 0.1) is 11.9 Å². The summed E-state index contributed by atoms with van der Waals surface area (Å²) in [6, 6.07) is 13.7. The molecule has 0 aliphatic rings. The van der Waals surface area contributed by atoms with Gasteiger partial charge in [-0.15, -0.1) is 11.8 Å². The molecule has 0 saturated carbocycles. The average molecular weight is 371 g/mol. The van der Waals surface area contributed by atoms with Crippen molar-refractivity contribution in [2.75, 3.05) is 19.0 Å². The molecule has 0 saturated heterocycles. The number of carbonyl (C=O) groups excluding carboxylic acids is 1. The Morgan fingerprint density at radius 3 is 2.58 bits per heavy atom. The quantitative estimate of drug-likeness (QED) is 0.380. The molecule has 0 spiro atoms. The minimum Gasteiger partial charge on any atom is -0.456 e. The molecular weight excluding hydrogens is 344 g/mol. The third-order valence-corrected chi connectivity index (χ3v) is 6.06. The molecule has 1 unspecified atom stereocenters. The lowest BCUT2D eigenvalue weighted by atomic mass is 9.87. The molecule has 1 aromatic heterocycles. The summed E-state index contributed by atoms with van der Waals surface area (Å²) < 4.78 is 11.3. The van der Waals surface area contributed by atoms with Gasteiger partial charge < -0.3 is 9.15 Å². The van der Waals surface area contributed by atoms with Gasteiger partial charge in [0.15, 0.2) is 5.78 Å². The molecule has 0 fully saturated rings. The van der Waals surface area contributed by atoms with Crippen molar-refractivity contribution in [3.05, 3.63) is 48.0 Å². The maximum Gasteiger partial charge on any atom is 0.176 e. The predicted molar refractivity (Wildman–Crippen MR) is 110 cm³/mol. The van der Waals surface area contributed by atoms with Gasteiger partial charge in [-0.2, -0.15) is 0 Å². The second-order valence-corrected chi connectivity index (χ2v) is 8.70. The van der Waals surface area contributed by atoms with Gasteiger partial charge in [0.1, 0.15) is 11.2 Å². The lowest BCUT2D eigenvalue weighted by molar-refractivity contribution is 0.0950. The molecular formula is C22H26O3S. The van der Waals surface area contributed by atoms with Crippen molar-refractivity contribution in [2.24, 2.45) is 5.41 Å². The summed E-state index contributed by atoms with van der Waals surface area (Å²) in [4.78, 5) is 13.3. The first-order valence-corrected chi connectivity index (χ1v) is 10.1. The van der Waals surface area contributed by atoms with Crippen LogP contribution in [0.2, 0.25) is 0 Å². The summed E-state index contributed by atoms with van der Waals surface area (Å²) >= 11 is 1.68. The van der Waals surface area contributed by atoms with E-state index in [0.717, 1.165) is 33.3 Å². The Labute approximate surface area is 159 Å². The van der Waals surface area contributed by atoms with Crippen LogP contribution >= 0.6 is 11.8 Å². The molecule has 138 valence electrons. The highest BCUT2D eigenvalue weighted by Gasteiger charge is 2.32. The number of para-hydroxylation sites is 1. The van der Waals surface area contributed by atoms with E-state index in [2.05, 4.69) is 20.8 Å². The lowest BCUT2D eigenvalue weighted by Gasteiger charge is -2.29. The summed E-state index contributed by atoms with van der Waals surface area (Å²) in [5.41, 5.74) is 2.29. The van der Waals surface area contributed by atoms with Crippen LogP contribution < -0.4 is 0 Å². The molecule has 0 amide bonds. The Hall–Kier alpha value is -1.78. The summed E-state index contributed by atoms with van der Waals surface area (Å²) in [7, 11) is 0. The first-order valence-electron chi connectivity index (χ1n) is 9.06. The van der Waals surface area contributed by atoms with E-state index in [9.17, 15) is 4.79 Å². The summed E-state index contributed by atoms with van der Waals surface area (Å²) in [6.07, 6.45) is 0. The molecule has 3 rings (SSSR count). The standard InChI is InChI=1S/C22H26O3S/c1-5-24-12-13-26-21(22(2,3)4)20(23)15-10-11-19-17(14-15)16-8-6-7-9-18(16)25-19/h6-11,14,21H,5,12-13H2,1-4H3. The van der Waals surface area contributed by atoms with Gasteiger partial charge in [0, 0.05) is 28.7 Å². The normalized spacial score (nSPS) is 13.4. The fourth-order valence-electron chi connectivity index (χ4n) is 3.12. The monoisotopic (exact) mass is 370 g/mol. The molecule has 0 radical (unpaired) electrons. The zero-order valence-corrected chi connectivity index (χ0v) is 16.7. The molecule has 1 atom stereocenters. The van der Waals surface area contributed by atoms with Crippen LogP contribution in [0.3, 0.4) is 0 Å². The number of hydrogen-bond donors (Lipinski definition) is 0. The minimum absolute atomic E-state index is 0.112. The van der Waals surface area contributed by atoms with Crippen LogP contribution in [0.15, 0.2) is 46.9 Å². The number of Topliss-reactive ketones (excluding diaryl/α,β-unsaturated/α-hetero) is 1. The van der Waals surface area contributed by atoms with E-state index in [1.807, 2.05) is 49.4 Å². The summed E-state index contributed by atoms with van der Waals surface area (Å²) in [5, 5.41) is 1.94. The van der Waals surface area contributed by atoms with E-state index < -0.39 is 0 Å². The van der Waals surface area contributed by atoms with Crippen LogP contribution in [0.5, 0.6) is 0 Å². The van der Waals surface area contributed by atoms with E-state index in [4.69, 9.17) is 9.15 Å². The fourth-order valence-corrected chi connectivity index (χ4v) is 4.36. The van der Waals surface area contributed by atoms with Crippen LogP contribution in [-0.4, -0.2) is 30.0 Å². The van der Waals surface area contributed by atoms with E-state index in [1.165, 1.54) is 0 Å².